The van der Waals surface area contributed by atoms with Crippen LogP contribution in [0.4, 0.5) is 5.69 Å². The van der Waals surface area contributed by atoms with E-state index >= 15 is 0 Å². The quantitative estimate of drug-likeness (QED) is 0.557. The SMILES string of the molecule is COCc1c(Cl)cccc1[N+](=O)[O-]. The Balaban J connectivity index is 3.17. The molecule has 0 unspecified atom stereocenters. The lowest BCUT2D eigenvalue weighted by Gasteiger charge is -2.02. The van der Waals surface area contributed by atoms with E-state index in [-0.39, 0.29) is 12.3 Å². The van der Waals surface area contributed by atoms with Crippen molar-refractivity contribution < 1.29 is 9.66 Å². The van der Waals surface area contributed by atoms with Crippen LogP contribution in [-0.2, 0) is 11.3 Å². The molecule has 0 saturated carbocycles. The van der Waals surface area contributed by atoms with Crippen molar-refractivity contribution in [2.75, 3.05) is 7.11 Å². The van der Waals surface area contributed by atoms with Crippen LogP contribution in [0, 0.1) is 10.1 Å². The van der Waals surface area contributed by atoms with Crippen molar-refractivity contribution in [1.29, 1.82) is 0 Å². The van der Waals surface area contributed by atoms with Crippen LogP contribution in [0.2, 0.25) is 5.02 Å². The van der Waals surface area contributed by atoms with Gasteiger partial charge >= 0.3 is 0 Å². The molecule has 0 aromatic heterocycles. The van der Waals surface area contributed by atoms with Crippen molar-refractivity contribution in [3.8, 4) is 0 Å². The first-order valence-electron chi connectivity index (χ1n) is 3.57. The van der Waals surface area contributed by atoms with Crippen LogP contribution in [0.15, 0.2) is 18.2 Å². The molecule has 1 rings (SSSR count). The lowest BCUT2D eigenvalue weighted by atomic mass is 10.2. The molecule has 0 fully saturated rings. The van der Waals surface area contributed by atoms with Gasteiger partial charge in [0.05, 0.1) is 22.1 Å². The maximum absolute atomic E-state index is 10.5. The first-order valence-corrected chi connectivity index (χ1v) is 3.95. The van der Waals surface area contributed by atoms with Crippen molar-refractivity contribution in [3.63, 3.8) is 0 Å². The highest BCUT2D eigenvalue weighted by Crippen LogP contribution is 2.26. The number of hydrogen-bond donors (Lipinski definition) is 0. The molecule has 70 valence electrons. The molecular weight excluding hydrogens is 194 g/mol. The molecule has 0 spiro atoms. The third kappa shape index (κ3) is 2.17. The van der Waals surface area contributed by atoms with E-state index in [1.165, 1.54) is 13.2 Å². The molecule has 4 nitrogen and oxygen atoms in total. The second kappa shape index (κ2) is 4.20. The minimum absolute atomic E-state index is 0.00523. The summed E-state index contributed by atoms with van der Waals surface area (Å²) in [4.78, 5) is 10.1. The average molecular weight is 202 g/mol. The summed E-state index contributed by atoms with van der Waals surface area (Å²) in [5, 5.41) is 10.9. The van der Waals surface area contributed by atoms with E-state index in [4.69, 9.17) is 16.3 Å². The molecule has 0 aliphatic rings. The number of ether oxygens (including phenoxy) is 1. The van der Waals surface area contributed by atoms with Gasteiger partial charge in [0.2, 0.25) is 0 Å². The molecule has 1 aromatic carbocycles. The van der Waals surface area contributed by atoms with E-state index in [0.29, 0.717) is 10.6 Å². The van der Waals surface area contributed by atoms with Crippen LogP contribution >= 0.6 is 11.6 Å². The highest BCUT2D eigenvalue weighted by atomic mass is 35.5. The zero-order valence-corrected chi connectivity index (χ0v) is 7.75. The number of nitro benzene ring substituents is 1. The molecule has 5 heteroatoms. The van der Waals surface area contributed by atoms with Gasteiger partial charge in [-0.05, 0) is 6.07 Å². The summed E-state index contributed by atoms with van der Waals surface area (Å²) in [7, 11) is 1.47. The lowest BCUT2D eigenvalue weighted by molar-refractivity contribution is -0.385. The van der Waals surface area contributed by atoms with Gasteiger partial charge < -0.3 is 4.74 Å². The van der Waals surface area contributed by atoms with Gasteiger partial charge in [-0.1, -0.05) is 17.7 Å². The average Bonchev–Trinajstić information content (AvgIpc) is 2.08. The standard InChI is InChI=1S/C8H8ClNO3/c1-13-5-6-7(9)3-2-4-8(6)10(11)12/h2-4H,5H2,1H3. The van der Waals surface area contributed by atoms with Crippen LogP contribution in [0.5, 0.6) is 0 Å². The molecular formula is C8H8ClNO3. The Morgan fingerprint density at radius 2 is 2.31 bits per heavy atom. The first kappa shape index (κ1) is 9.95. The summed E-state index contributed by atoms with van der Waals surface area (Å²) in [5.41, 5.74) is 0.408. The minimum atomic E-state index is -0.472. The van der Waals surface area contributed by atoms with Crippen LogP contribution in [-0.4, -0.2) is 12.0 Å². The van der Waals surface area contributed by atoms with Gasteiger partial charge in [0.15, 0.2) is 0 Å². The van der Waals surface area contributed by atoms with Gasteiger partial charge in [-0.3, -0.25) is 10.1 Å². The van der Waals surface area contributed by atoms with Gasteiger partial charge in [0.25, 0.3) is 5.69 Å². The Labute approximate surface area is 80.2 Å². The Morgan fingerprint density at radius 1 is 1.62 bits per heavy atom. The monoisotopic (exact) mass is 201 g/mol. The number of nitro groups is 1. The van der Waals surface area contributed by atoms with Crippen molar-refractivity contribution in [2.45, 2.75) is 6.61 Å². The van der Waals surface area contributed by atoms with E-state index in [1.54, 1.807) is 12.1 Å². The fourth-order valence-corrected chi connectivity index (χ4v) is 1.23. The number of halogens is 1. The van der Waals surface area contributed by atoms with E-state index in [1.807, 2.05) is 0 Å². The Morgan fingerprint density at radius 3 is 2.85 bits per heavy atom. The summed E-state index contributed by atoms with van der Waals surface area (Å²) in [6.07, 6.45) is 0. The van der Waals surface area contributed by atoms with Crippen LogP contribution in [0.25, 0.3) is 0 Å². The Kier molecular flexibility index (Phi) is 3.22. The van der Waals surface area contributed by atoms with Crippen LogP contribution in [0.3, 0.4) is 0 Å². The largest absolute Gasteiger partial charge is 0.380 e. The molecule has 0 atom stereocenters. The molecule has 13 heavy (non-hydrogen) atoms. The second-order valence-electron chi connectivity index (χ2n) is 2.43. The number of rotatable bonds is 3. The van der Waals surface area contributed by atoms with E-state index in [0.717, 1.165) is 0 Å². The van der Waals surface area contributed by atoms with E-state index in [2.05, 4.69) is 0 Å². The number of methoxy groups -OCH3 is 1. The number of benzene rings is 1. The molecule has 0 N–H and O–H groups in total. The van der Waals surface area contributed by atoms with Crippen LogP contribution in [0.1, 0.15) is 5.56 Å². The van der Waals surface area contributed by atoms with Gasteiger partial charge in [-0.2, -0.15) is 0 Å². The summed E-state index contributed by atoms with van der Waals surface area (Å²) < 4.78 is 4.81. The fourth-order valence-electron chi connectivity index (χ4n) is 1.01. The fraction of sp³-hybridized carbons (Fsp3) is 0.250. The van der Waals surface area contributed by atoms with E-state index < -0.39 is 4.92 Å². The van der Waals surface area contributed by atoms with Crippen molar-refractivity contribution >= 4 is 17.3 Å². The molecule has 0 aliphatic heterocycles. The highest BCUT2D eigenvalue weighted by Gasteiger charge is 2.15. The molecule has 0 radical (unpaired) electrons. The third-order valence-corrected chi connectivity index (χ3v) is 1.93. The molecule has 0 aliphatic carbocycles. The maximum atomic E-state index is 10.5. The smallest absolute Gasteiger partial charge is 0.276 e. The summed E-state index contributed by atoms with van der Waals surface area (Å²) >= 11 is 5.77. The summed E-state index contributed by atoms with van der Waals surface area (Å²) in [6, 6.07) is 4.54. The predicted molar refractivity (Wildman–Crippen MR) is 48.8 cm³/mol. The number of nitrogens with zero attached hydrogens (tertiary/aromatic N) is 1. The third-order valence-electron chi connectivity index (χ3n) is 1.58. The van der Waals surface area contributed by atoms with Crippen LogP contribution < -0.4 is 0 Å². The molecule has 1 aromatic rings. The Bertz CT molecular complexity index is 327. The van der Waals surface area contributed by atoms with Gasteiger partial charge in [0.1, 0.15) is 0 Å². The molecule has 0 amide bonds. The van der Waals surface area contributed by atoms with Gasteiger partial charge in [-0.15, -0.1) is 0 Å². The normalized spacial score (nSPS) is 10.0. The van der Waals surface area contributed by atoms with Crippen molar-refractivity contribution in [3.05, 3.63) is 38.9 Å². The number of hydrogen-bond acceptors (Lipinski definition) is 3. The van der Waals surface area contributed by atoms with E-state index in [9.17, 15) is 10.1 Å². The second-order valence-corrected chi connectivity index (χ2v) is 2.83. The maximum Gasteiger partial charge on any atom is 0.276 e. The molecule has 0 saturated heterocycles. The zero-order valence-electron chi connectivity index (χ0n) is 6.99. The summed E-state index contributed by atoms with van der Waals surface area (Å²) in [6.45, 7) is 0.149. The molecule has 0 bridgehead atoms. The highest BCUT2D eigenvalue weighted by molar-refractivity contribution is 6.31. The summed E-state index contributed by atoms with van der Waals surface area (Å²) in [5.74, 6) is 0. The lowest BCUT2D eigenvalue weighted by Crippen LogP contribution is -1.97. The first-order chi connectivity index (χ1) is 6.16. The Hall–Kier alpha value is -1.13. The van der Waals surface area contributed by atoms with Gasteiger partial charge in [0, 0.05) is 13.2 Å². The minimum Gasteiger partial charge on any atom is -0.380 e. The van der Waals surface area contributed by atoms with Crippen molar-refractivity contribution in [2.24, 2.45) is 0 Å². The van der Waals surface area contributed by atoms with Gasteiger partial charge in [-0.25, -0.2) is 0 Å². The predicted octanol–water partition coefficient (Wildman–Crippen LogP) is 2.39. The molecule has 0 heterocycles. The van der Waals surface area contributed by atoms with Crippen molar-refractivity contribution in [1.82, 2.24) is 0 Å². The zero-order chi connectivity index (χ0) is 9.84. The topological polar surface area (TPSA) is 52.4 Å².